The average molecular weight is 336 g/mol. The molecule has 1 aromatic carbocycles. The highest BCUT2D eigenvalue weighted by molar-refractivity contribution is 6.43. The van der Waals surface area contributed by atoms with Crippen LogP contribution in [0.25, 0.3) is 0 Å². The van der Waals surface area contributed by atoms with Crippen LogP contribution in [0.2, 0.25) is 15.1 Å². The van der Waals surface area contributed by atoms with Crippen molar-refractivity contribution in [3.63, 3.8) is 0 Å². The van der Waals surface area contributed by atoms with E-state index < -0.39 is 0 Å². The number of hydrogen-bond donors (Lipinski definition) is 0. The molecule has 0 unspecified atom stereocenters. The van der Waals surface area contributed by atoms with Gasteiger partial charge in [0.25, 0.3) is 0 Å². The lowest BCUT2D eigenvalue weighted by Gasteiger charge is -2.16. The second-order valence-corrected chi connectivity index (χ2v) is 5.24. The van der Waals surface area contributed by atoms with Crippen molar-refractivity contribution < 1.29 is 9.53 Å². The predicted molar refractivity (Wildman–Crippen MR) is 79.5 cm³/mol. The first kappa shape index (κ1) is 16.9. The highest BCUT2D eigenvalue weighted by Gasteiger charge is 2.10. The van der Waals surface area contributed by atoms with Crippen molar-refractivity contribution in [1.29, 1.82) is 5.26 Å². The Morgan fingerprint density at radius 3 is 2.60 bits per heavy atom. The zero-order valence-electron chi connectivity index (χ0n) is 10.8. The minimum Gasteiger partial charge on any atom is -0.491 e. The third-order valence-corrected chi connectivity index (χ3v) is 3.55. The molecule has 0 saturated heterocycles. The Hall–Kier alpha value is -1.15. The molecule has 0 aliphatic heterocycles. The fourth-order valence-electron chi connectivity index (χ4n) is 1.40. The smallest absolute Gasteiger partial charge is 0.225 e. The molecule has 0 heterocycles. The average Bonchev–Trinajstić information content (AvgIpc) is 2.41. The van der Waals surface area contributed by atoms with Gasteiger partial charge in [-0.15, -0.1) is 0 Å². The maximum absolute atomic E-state index is 11.7. The number of halogens is 3. The standard InChI is InChI=1S/C13H13Cl3N2O2/c1-18(5-2-4-17)13(19)3-6-20-12-8-10(15)9(14)7-11(12)16/h7-8H,2-3,5-6H2,1H3. The summed E-state index contributed by atoms with van der Waals surface area (Å²) >= 11 is 17.6. The second-order valence-electron chi connectivity index (χ2n) is 4.02. The SMILES string of the molecule is CN(CCC#N)C(=O)CCOc1cc(Cl)c(Cl)cc1Cl. The quantitative estimate of drug-likeness (QED) is 0.743. The summed E-state index contributed by atoms with van der Waals surface area (Å²) in [5, 5.41) is 9.47. The first-order chi connectivity index (χ1) is 9.45. The first-order valence-corrected chi connectivity index (χ1v) is 6.97. The summed E-state index contributed by atoms with van der Waals surface area (Å²) in [6, 6.07) is 4.98. The number of carbonyl (C=O) groups excluding carboxylic acids is 1. The van der Waals surface area contributed by atoms with Crippen molar-refractivity contribution in [2.75, 3.05) is 20.2 Å². The van der Waals surface area contributed by atoms with Gasteiger partial charge in [-0.3, -0.25) is 4.79 Å². The van der Waals surface area contributed by atoms with Crippen LogP contribution in [0.1, 0.15) is 12.8 Å². The number of nitrogens with zero attached hydrogens (tertiary/aromatic N) is 2. The molecule has 0 radical (unpaired) electrons. The molecule has 7 heteroatoms. The van der Waals surface area contributed by atoms with Crippen LogP contribution in [0.5, 0.6) is 5.75 Å². The summed E-state index contributed by atoms with van der Waals surface area (Å²) < 4.78 is 5.41. The zero-order chi connectivity index (χ0) is 15.1. The van der Waals surface area contributed by atoms with Crippen molar-refractivity contribution >= 4 is 40.7 Å². The first-order valence-electron chi connectivity index (χ1n) is 5.84. The van der Waals surface area contributed by atoms with Crippen LogP contribution in [-0.4, -0.2) is 31.0 Å². The van der Waals surface area contributed by atoms with Gasteiger partial charge in [0, 0.05) is 19.7 Å². The molecule has 0 aliphatic rings. The Morgan fingerprint density at radius 1 is 1.30 bits per heavy atom. The van der Waals surface area contributed by atoms with Crippen molar-refractivity contribution in [3.8, 4) is 11.8 Å². The zero-order valence-corrected chi connectivity index (χ0v) is 13.1. The lowest BCUT2D eigenvalue weighted by molar-refractivity contribution is -0.130. The van der Waals surface area contributed by atoms with Crippen LogP contribution in [0.15, 0.2) is 12.1 Å². The van der Waals surface area contributed by atoms with Crippen LogP contribution in [0.4, 0.5) is 0 Å². The highest BCUT2D eigenvalue weighted by Crippen LogP contribution is 2.33. The third-order valence-electron chi connectivity index (χ3n) is 2.53. The number of benzene rings is 1. The summed E-state index contributed by atoms with van der Waals surface area (Å²) in [7, 11) is 1.64. The lowest BCUT2D eigenvalue weighted by atomic mass is 10.3. The van der Waals surface area contributed by atoms with E-state index in [2.05, 4.69) is 0 Å². The van der Waals surface area contributed by atoms with E-state index in [1.54, 1.807) is 7.05 Å². The minimum atomic E-state index is -0.101. The summed E-state index contributed by atoms with van der Waals surface area (Å²) in [6.45, 7) is 0.580. The lowest BCUT2D eigenvalue weighted by Crippen LogP contribution is -2.28. The van der Waals surface area contributed by atoms with Crippen molar-refractivity contribution in [2.45, 2.75) is 12.8 Å². The molecular weight excluding hydrogens is 323 g/mol. The Bertz CT molecular complexity index is 529. The van der Waals surface area contributed by atoms with Gasteiger partial charge in [-0.25, -0.2) is 0 Å². The van der Waals surface area contributed by atoms with E-state index >= 15 is 0 Å². The maximum atomic E-state index is 11.7. The number of hydrogen-bond acceptors (Lipinski definition) is 3. The molecule has 0 saturated carbocycles. The fourth-order valence-corrected chi connectivity index (χ4v) is 1.99. The number of ether oxygens (including phenoxy) is 1. The van der Waals surface area contributed by atoms with Crippen molar-refractivity contribution in [2.24, 2.45) is 0 Å². The van der Waals surface area contributed by atoms with Crippen molar-refractivity contribution in [3.05, 3.63) is 27.2 Å². The Kier molecular flexibility index (Phi) is 6.94. The molecule has 108 valence electrons. The third kappa shape index (κ3) is 5.09. The van der Waals surface area contributed by atoms with Gasteiger partial charge in [-0.05, 0) is 6.07 Å². The van der Waals surface area contributed by atoms with Crippen LogP contribution >= 0.6 is 34.8 Å². The van der Waals surface area contributed by atoms with E-state index in [1.165, 1.54) is 17.0 Å². The Labute approximate surface area is 132 Å². The Morgan fingerprint density at radius 2 is 1.95 bits per heavy atom. The molecular formula is C13H13Cl3N2O2. The monoisotopic (exact) mass is 334 g/mol. The second kappa shape index (κ2) is 8.21. The van der Waals surface area contributed by atoms with E-state index in [-0.39, 0.29) is 18.9 Å². The summed E-state index contributed by atoms with van der Waals surface area (Å²) in [5.41, 5.74) is 0. The molecule has 0 aliphatic carbocycles. The van der Waals surface area contributed by atoms with Crippen molar-refractivity contribution in [1.82, 2.24) is 4.90 Å². The largest absolute Gasteiger partial charge is 0.491 e. The van der Waals surface area contributed by atoms with Gasteiger partial charge in [-0.1, -0.05) is 34.8 Å². The molecule has 4 nitrogen and oxygen atoms in total. The molecule has 1 aromatic rings. The van der Waals surface area contributed by atoms with Gasteiger partial charge in [0.1, 0.15) is 5.75 Å². The van der Waals surface area contributed by atoms with Crippen LogP contribution in [-0.2, 0) is 4.79 Å². The normalized spacial score (nSPS) is 9.95. The minimum absolute atomic E-state index is 0.101. The predicted octanol–water partition coefficient (Wildman–Crippen LogP) is 3.79. The topological polar surface area (TPSA) is 53.3 Å². The molecule has 0 spiro atoms. The van der Waals surface area contributed by atoms with Gasteiger partial charge in [0.05, 0.1) is 40.6 Å². The number of nitriles is 1. The van der Waals surface area contributed by atoms with E-state index in [0.29, 0.717) is 33.8 Å². The maximum Gasteiger partial charge on any atom is 0.225 e. The van der Waals surface area contributed by atoms with E-state index in [4.69, 9.17) is 44.8 Å². The summed E-state index contributed by atoms with van der Waals surface area (Å²) in [6.07, 6.45) is 0.500. The van der Waals surface area contributed by atoms with Gasteiger partial charge in [-0.2, -0.15) is 5.26 Å². The molecule has 1 rings (SSSR count). The molecule has 20 heavy (non-hydrogen) atoms. The summed E-state index contributed by atoms with van der Waals surface area (Å²) in [5.74, 6) is 0.282. The number of amides is 1. The van der Waals surface area contributed by atoms with Crippen LogP contribution in [0, 0.1) is 11.3 Å². The van der Waals surface area contributed by atoms with Gasteiger partial charge >= 0.3 is 0 Å². The molecule has 0 aromatic heterocycles. The van der Waals surface area contributed by atoms with E-state index in [9.17, 15) is 4.79 Å². The number of carbonyl (C=O) groups is 1. The summed E-state index contributed by atoms with van der Waals surface area (Å²) in [4.78, 5) is 13.2. The van der Waals surface area contributed by atoms with Gasteiger partial charge < -0.3 is 9.64 Å². The molecule has 0 fully saturated rings. The van der Waals surface area contributed by atoms with Crippen LogP contribution < -0.4 is 4.74 Å². The molecule has 1 amide bonds. The molecule has 0 bridgehead atoms. The molecule has 0 atom stereocenters. The molecule has 0 N–H and O–H groups in total. The number of rotatable bonds is 6. The van der Waals surface area contributed by atoms with E-state index in [0.717, 1.165) is 0 Å². The Balaban J connectivity index is 2.47. The van der Waals surface area contributed by atoms with Gasteiger partial charge in [0.15, 0.2) is 0 Å². The fraction of sp³-hybridized carbons (Fsp3) is 0.385. The van der Waals surface area contributed by atoms with Crippen LogP contribution in [0.3, 0.4) is 0 Å². The van der Waals surface area contributed by atoms with Gasteiger partial charge in [0.2, 0.25) is 5.91 Å². The van der Waals surface area contributed by atoms with E-state index in [1.807, 2.05) is 6.07 Å². The highest BCUT2D eigenvalue weighted by atomic mass is 35.5.